The first-order valence-electron chi connectivity index (χ1n) is 8.39. The van der Waals surface area contributed by atoms with Gasteiger partial charge in [0.1, 0.15) is 0 Å². The van der Waals surface area contributed by atoms with Crippen LogP contribution in [0, 0.1) is 0 Å². The van der Waals surface area contributed by atoms with Crippen molar-refractivity contribution in [1.82, 2.24) is 10.2 Å². The molecule has 0 spiro atoms. The van der Waals surface area contributed by atoms with E-state index in [-0.39, 0.29) is 0 Å². The monoisotopic (exact) mass is 264 g/mol. The molecule has 1 unspecified atom stereocenters. The third-order valence-electron chi connectivity index (χ3n) is 5.39. The molecule has 1 fully saturated rings. The van der Waals surface area contributed by atoms with E-state index in [4.69, 9.17) is 0 Å². The molecular weight excluding hydrogens is 232 g/mol. The third-order valence-corrected chi connectivity index (χ3v) is 5.39. The van der Waals surface area contributed by atoms with Crippen LogP contribution in [-0.4, -0.2) is 36.6 Å². The molecule has 2 nitrogen and oxygen atoms in total. The minimum absolute atomic E-state index is 0.390. The number of rotatable bonds is 6. The summed E-state index contributed by atoms with van der Waals surface area (Å²) >= 11 is 0. The highest BCUT2D eigenvalue weighted by Crippen LogP contribution is 2.41. The maximum absolute atomic E-state index is 3.69. The largest absolute Gasteiger partial charge is 0.312 e. The molecule has 0 radical (unpaired) electrons. The summed E-state index contributed by atoms with van der Waals surface area (Å²) in [7, 11) is 2.17. The van der Waals surface area contributed by atoms with E-state index in [0.717, 1.165) is 0 Å². The molecule has 110 valence electrons. The molecule has 1 atom stereocenters. The SMILES string of the molecule is CCN(CC)C1(C(NC)C2=CCCCC2)CCCC1. The van der Waals surface area contributed by atoms with Crippen molar-refractivity contribution in [3.05, 3.63) is 11.6 Å². The van der Waals surface area contributed by atoms with Gasteiger partial charge in [-0.2, -0.15) is 0 Å². The second kappa shape index (κ2) is 6.90. The zero-order valence-electron chi connectivity index (χ0n) is 13.2. The summed E-state index contributed by atoms with van der Waals surface area (Å²) in [6.07, 6.45) is 13.5. The van der Waals surface area contributed by atoms with Crippen molar-refractivity contribution in [3.8, 4) is 0 Å². The van der Waals surface area contributed by atoms with Crippen LogP contribution in [0.15, 0.2) is 11.6 Å². The van der Waals surface area contributed by atoms with E-state index >= 15 is 0 Å². The fourth-order valence-corrected chi connectivity index (χ4v) is 4.55. The van der Waals surface area contributed by atoms with Crippen LogP contribution in [0.2, 0.25) is 0 Å². The molecule has 2 aliphatic carbocycles. The van der Waals surface area contributed by atoms with Gasteiger partial charge in [-0.15, -0.1) is 0 Å². The van der Waals surface area contributed by atoms with Crippen LogP contribution in [0.3, 0.4) is 0 Å². The molecule has 0 bridgehead atoms. The molecule has 0 aliphatic heterocycles. The van der Waals surface area contributed by atoms with Gasteiger partial charge in [0.15, 0.2) is 0 Å². The molecule has 2 heteroatoms. The molecule has 19 heavy (non-hydrogen) atoms. The minimum atomic E-state index is 0.390. The van der Waals surface area contributed by atoms with E-state index in [1.807, 2.05) is 0 Å². The van der Waals surface area contributed by atoms with Gasteiger partial charge in [0.2, 0.25) is 0 Å². The van der Waals surface area contributed by atoms with Gasteiger partial charge in [-0.1, -0.05) is 38.3 Å². The standard InChI is InChI=1S/C17H32N2/c1-4-19(5-2)17(13-9-10-14-17)16(18-3)15-11-7-6-8-12-15/h11,16,18H,4-10,12-14H2,1-3H3. The summed E-state index contributed by atoms with van der Waals surface area (Å²) in [6.45, 7) is 7.01. The Bertz CT molecular complexity index is 298. The summed E-state index contributed by atoms with van der Waals surface area (Å²) in [6, 6.07) is 0.579. The molecule has 1 saturated carbocycles. The average molecular weight is 264 g/mol. The lowest BCUT2D eigenvalue weighted by Gasteiger charge is -2.47. The first-order chi connectivity index (χ1) is 9.28. The summed E-state index contributed by atoms with van der Waals surface area (Å²) in [5.74, 6) is 0. The number of hydrogen-bond donors (Lipinski definition) is 1. The smallest absolute Gasteiger partial charge is 0.0464 e. The minimum Gasteiger partial charge on any atom is -0.312 e. The molecule has 2 aliphatic rings. The molecule has 1 N–H and O–H groups in total. The highest BCUT2D eigenvalue weighted by atomic mass is 15.2. The normalized spacial score (nSPS) is 24.5. The van der Waals surface area contributed by atoms with Crippen LogP contribution < -0.4 is 5.32 Å². The Balaban J connectivity index is 2.27. The number of allylic oxidation sites excluding steroid dienone is 1. The van der Waals surface area contributed by atoms with E-state index < -0.39 is 0 Å². The first-order valence-corrected chi connectivity index (χ1v) is 8.39. The Morgan fingerprint density at radius 1 is 1.16 bits per heavy atom. The van der Waals surface area contributed by atoms with E-state index in [1.54, 1.807) is 5.57 Å². The fourth-order valence-electron chi connectivity index (χ4n) is 4.55. The molecule has 0 saturated heterocycles. The van der Waals surface area contributed by atoms with E-state index in [0.29, 0.717) is 11.6 Å². The number of nitrogens with zero attached hydrogens (tertiary/aromatic N) is 1. The lowest BCUT2D eigenvalue weighted by atomic mass is 9.78. The van der Waals surface area contributed by atoms with Crippen LogP contribution >= 0.6 is 0 Å². The lowest BCUT2D eigenvalue weighted by molar-refractivity contribution is 0.0763. The van der Waals surface area contributed by atoms with Crippen molar-refractivity contribution >= 4 is 0 Å². The number of nitrogens with one attached hydrogen (secondary N) is 1. The van der Waals surface area contributed by atoms with E-state index in [1.165, 1.54) is 64.5 Å². The van der Waals surface area contributed by atoms with Crippen LogP contribution in [0.5, 0.6) is 0 Å². The van der Waals surface area contributed by atoms with Gasteiger partial charge in [-0.05, 0) is 58.7 Å². The predicted octanol–water partition coefficient (Wildman–Crippen LogP) is 3.73. The van der Waals surface area contributed by atoms with E-state index in [2.05, 4.69) is 37.2 Å². The van der Waals surface area contributed by atoms with Crippen molar-refractivity contribution in [3.63, 3.8) is 0 Å². The first kappa shape index (κ1) is 15.1. The summed E-state index contributed by atoms with van der Waals surface area (Å²) in [4.78, 5) is 2.73. The van der Waals surface area contributed by atoms with Gasteiger partial charge in [-0.3, -0.25) is 4.90 Å². The van der Waals surface area contributed by atoms with Crippen LogP contribution in [0.4, 0.5) is 0 Å². The van der Waals surface area contributed by atoms with Gasteiger partial charge < -0.3 is 5.32 Å². The number of likely N-dealkylation sites (N-methyl/N-ethyl adjacent to an activating group) is 2. The Labute approximate surface area is 119 Å². The second-order valence-electron chi connectivity index (χ2n) is 6.23. The van der Waals surface area contributed by atoms with Gasteiger partial charge in [-0.25, -0.2) is 0 Å². The summed E-state index contributed by atoms with van der Waals surface area (Å²) in [5, 5.41) is 3.69. The zero-order chi connectivity index (χ0) is 13.7. The molecule has 0 aromatic carbocycles. The molecule has 2 rings (SSSR count). The van der Waals surface area contributed by atoms with Crippen LogP contribution in [-0.2, 0) is 0 Å². The Hall–Kier alpha value is -0.340. The van der Waals surface area contributed by atoms with Gasteiger partial charge >= 0.3 is 0 Å². The lowest BCUT2D eigenvalue weighted by Crippen LogP contribution is -2.60. The maximum Gasteiger partial charge on any atom is 0.0464 e. The van der Waals surface area contributed by atoms with Gasteiger partial charge in [0.25, 0.3) is 0 Å². The van der Waals surface area contributed by atoms with Crippen LogP contribution in [0.1, 0.15) is 65.2 Å². The van der Waals surface area contributed by atoms with Crippen molar-refractivity contribution in [2.24, 2.45) is 0 Å². The van der Waals surface area contributed by atoms with Crippen molar-refractivity contribution in [1.29, 1.82) is 0 Å². The second-order valence-corrected chi connectivity index (χ2v) is 6.23. The predicted molar refractivity (Wildman–Crippen MR) is 83.5 cm³/mol. The highest BCUT2D eigenvalue weighted by molar-refractivity contribution is 5.22. The Morgan fingerprint density at radius 2 is 1.84 bits per heavy atom. The molecule has 0 amide bonds. The maximum atomic E-state index is 3.69. The van der Waals surface area contributed by atoms with Crippen molar-refractivity contribution in [2.75, 3.05) is 20.1 Å². The average Bonchev–Trinajstić information content (AvgIpc) is 2.92. The Morgan fingerprint density at radius 3 is 2.32 bits per heavy atom. The molecule has 0 aromatic rings. The summed E-state index contributed by atoms with van der Waals surface area (Å²) < 4.78 is 0. The van der Waals surface area contributed by atoms with Crippen LogP contribution in [0.25, 0.3) is 0 Å². The fraction of sp³-hybridized carbons (Fsp3) is 0.882. The van der Waals surface area contributed by atoms with E-state index in [9.17, 15) is 0 Å². The highest BCUT2D eigenvalue weighted by Gasteiger charge is 2.45. The third kappa shape index (κ3) is 2.90. The molecular formula is C17H32N2. The quantitative estimate of drug-likeness (QED) is 0.735. The molecule has 0 heterocycles. The molecule has 0 aromatic heterocycles. The van der Waals surface area contributed by atoms with Gasteiger partial charge in [0, 0.05) is 11.6 Å². The summed E-state index contributed by atoms with van der Waals surface area (Å²) in [5.41, 5.74) is 2.09. The van der Waals surface area contributed by atoms with Crippen molar-refractivity contribution in [2.45, 2.75) is 76.8 Å². The zero-order valence-corrected chi connectivity index (χ0v) is 13.2. The van der Waals surface area contributed by atoms with Gasteiger partial charge in [0.05, 0.1) is 0 Å². The van der Waals surface area contributed by atoms with Crippen molar-refractivity contribution < 1.29 is 0 Å². The number of hydrogen-bond acceptors (Lipinski definition) is 2. The Kier molecular flexibility index (Phi) is 5.47. The topological polar surface area (TPSA) is 15.3 Å².